The van der Waals surface area contributed by atoms with Gasteiger partial charge >= 0.3 is 0 Å². The van der Waals surface area contributed by atoms with Gasteiger partial charge in [-0.2, -0.15) is 0 Å². The van der Waals surface area contributed by atoms with Crippen molar-refractivity contribution in [2.45, 2.75) is 19.8 Å². The minimum Gasteiger partial charge on any atom is -0.493 e. The highest BCUT2D eigenvalue weighted by atomic mass is 35.5. The van der Waals surface area contributed by atoms with Crippen LogP contribution in [0.25, 0.3) is 0 Å². The fourth-order valence-electron chi connectivity index (χ4n) is 1.27. The second kappa shape index (κ2) is 6.38. The number of aryl methyl sites for hydroxylation is 1. The maximum absolute atomic E-state index is 11.0. The lowest BCUT2D eigenvalue weighted by molar-refractivity contribution is -0.120. The zero-order valence-corrected chi connectivity index (χ0v) is 10.3. The number of amides is 1. The Morgan fingerprint density at radius 2 is 2.25 bits per heavy atom. The molecular weight excluding hydrogens is 226 g/mol. The number of carbonyl (C=O) groups is 1. The lowest BCUT2D eigenvalue weighted by Gasteiger charge is -2.08. The van der Waals surface area contributed by atoms with E-state index in [1.165, 1.54) is 0 Å². The van der Waals surface area contributed by atoms with Crippen molar-refractivity contribution in [3.05, 3.63) is 28.8 Å². The monoisotopic (exact) mass is 241 g/mol. The summed E-state index contributed by atoms with van der Waals surface area (Å²) in [6.45, 7) is 2.49. The van der Waals surface area contributed by atoms with Gasteiger partial charge in [-0.05, 0) is 31.0 Å². The molecule has 0 heterocycles. The highest BCUT2D eigenvalue weighted by Crippen LogP contribution is 2.22. The quantitative estimate of drug-likeness (QED) is 0.805. The number of nitrogens with one attached hydrogen (secondary N) is 1. The molecule has 1 amide bonds. The number of halogens is 1. The third kappa shape index (κ3) is 4.11. The number of hydrogen-bond donors (Lipinski definition) is 1. The van der Waals surface area contributed by atoms with Crippen LogP contribution in [0.15, 0.2) is 18.2 Å². The molecule has 0 unspecified atom stereocenters. The second-order valence-electron chi connectivity index (χ2n) is 3.54. The summed E-state index contributed by atoms with van der Waals surface area (Å²) in [7, 11) is 1.63. The first-order valence-corrected chi connectivity index (χ1v) is 5.61. The first kappa shape index (κ1) is 12.8. The molecule has 0 aliphatic carbocycles. The number of rotatable bonds is 5. The molecule has 0 fully saturated rings. The van der Waals surface area contributed by atoms with Crippen LogP contribution >= 0.6 is 11.6 Å². The number of carbonyl (C=O) groups excluding carboxylic acids is 1. The largest absolute Gasteiger partial charge is 0.493 e. The van der Waals surface area contributed by atoms with Gasteiger partial charge in [0.15, 0.2) is 0 Å². The van der Waals surface area contributed by atoms with E-state index < -0.39 is 0 Å². The van der Waals surface area contributed by atoms with Crippen LogP contribution in [0.1, 0.15) is 18.4 Å². The summed E-state index contributed by atoms with van der Waals surface area (Å²) in [6.07, 6.45) is 1.18. The zero-order valence-electron chi connectivity index (χ0n) is 9.55. The van der Waals surface area contributed by atoms with E-state index in [2.05, 4.69) is 5.32 Å². The predicted octanol–water partition coefficient (Wildman–Crippen LogP) is 2.55. The molecule has 88 valence electrons. The summed E-state index contributed by atoms with van der Waals surface area (Å²) in [5, 5.41) is 3.23. The Balaban J connectivity index is 2.37. The highest BCUT2D eigenvalue weighted by molar-refractivity contribution is 6.30. The summed E-state index contributed by atoms with van der Waals surface area (Å²) in [5.74, 6) is 0.816. The first-order valence-electron chi connectivity index (χ1n) is 5.23. The summed E-state index contributed by atoms with van der Waals surface area (Å²) < 4.78 is 5.55. The molecule has 0 saturated heterocycles. The van der Waals surface area contributed by atoms with Gasteiger partial charge in [-0.3, -0.25) is 4.79 Å². The lowest BCUT2D eigenvalue weighted by atomic mass is 10.2. The van der Waals surface area contributed by atoms with E-state index in [9.17, 15) is 4.79 Å². The molecule has 0 bridgehead atoms. The topological polar surface area (TPSA) is 38.3 Å². The predicted molar refractivity (Wildman–Crippen MR) is 65.0 cm³/mol. The molecular formula is C12H16ClNO2. The van der Waals surface area contributed by atoms with Gasteiger partial charge in [-0.15, -0.1) is 0 Å². The molecule has 0 atom stereocenters. The van der Waals surface area contributed by atoms with E-state index in [4.69, 9.17) is 16.3 Å². The van der Waals surface area contributed by atoms with Crippen LogP contribution < -0.4 is 10.1 Å². The summed E-state index contributed by atoms with van der Waals surface area (Å²) >= 11 is 5.86. The summed E-state index contributed by atoms with van der Waals surface area (Å²) in [6, 6.07) is 5.53. The average molecular weight is 242 g/mol. The first-order chi connectivity index (χ1) is 7.63. The zero-order chi connectivity index (χ0) is 12.0. The third-order valence-electron chi connectivity index (χ3n) is 2.23. The Kier molecular flexibility index (Phi) is 5.12. The van der Waals surface area contributed by atoms with Crippen molar-refractivity contribution in [3.8, 4) is 5.75 Å². The van der Waals surface area contributed by atoms with E-state index in [1.807, 2.05) is 19.1 Å². The van der Waals surface area contributed by atoms with Crippen molar-refractivity contribution in [1.82, 2.24) is 5.32 Å². The average Bonchev–Trinajstić information content (AvgIpc) is 2.28. The Morgan fingerprint density at radius 1 is 1.50 bits per heavy atom. The van der Waals surface area contributed by atoms with E-state index in [0.717, 1.165) is 11.3 Å². The van der Waals surface area contributed by atoms with Crippen molar-refractivity contribution in [3.63, 3.8) is 0 Å². The van der Waals surface area contributed by atoms with Gasteiger partial charge in [-0.1, -0.05) is 17.7 Å². The summed E-state index contributed by atoms with van der Waals surface area (Å²) in [4.78, 5) is 11.0. The van der Waals surface area contributed by atoms with Crippen molar-refractivity contribution < 1.29 is 9.53 Å². The van der Waals surface area contributed by atoms with Gasteiger partial charge in [0.25, 0.3) is 0 Å². The molecule has 0 saturated carbocycles. The van der Waals surface area contributed by atoms with Crippen LogP contribution in [0, 0.1) is 6.92 Å². The van der Waals surface area contributed by atoms with E-state index >= 15 is 0 Å². The van der Waals surface area contributed by atoms with Crippen LogP contribution in [0.5, 0.6) is 5.75 Å². The van der Waals surface area contributed by atoms with Crippen LogP contribution in [0.2, 0.25) is 5.02 Å². The van der Waals surface area contributed by atoms with E-state index in [0.29, 0.717) is 24.5 Å². The molecule has 0 radical (unpaired) electrons. The van der Waals surface area contributed by atoms with Gasteiger partial charge in [0.1, 0.15) is 5.75 Å². The molecule has 4 heteroatoms. The molecule has 1 N–H and O–H groups in total. The van der Waals surface area contributed by atoms with Crippen molar-refractivity contribution in [2.75, 3.05) is 13.7 Å². The summed E-state index contributed by atoms with van der Waals surface area (Å²) in [5.41, 5.74) is 1.05. The molecule has 0 aliphatic rings. The molecule has 0 aliphatic heterocycles. The molecule has 1 rings (SSSR count). The Hall–Kier alpha value is -1.22. The van der Waals surface area contributed by atoms with Crippen LogP contribution in [-0.4, -0.2) is 19.6 Å². The Morgan fingerprint density at radius 3 is 2.94 bits per heavy atom. The fraction of sp³-hybridized carbons (Fsp3) is 0.417. The smallest absolute Gasteiger partial charge is 0.219 e. The maximum Gasteiger partial charge on any atom is 0.219 e. The normalized spacial score (nSPS) is 9.94. The van der Waals surface area contributed by atoms with Crippen LogP contribution in [0.3, 0.4) is 0 Å². The SMILES string of the molecule is CNC(=O)CCCOc1cc(Cl)ccc1C. The third-order valence-corrected chi connectivity index (χ3v) is 2.47. The maximum atomic E-state index is 11.0. The Bertz CT molecular complexity index is 366. The number of benzene rings is 1. The van der Waals surface area contributed by atoms with E-state index in [-0.39, 0.29) is 5.91 Å². The van der Waals surface area contributed by atoms with Gasteiger partial charge < -0.3 is 10.1 Å². The number of ether oxygens (including phenoxy) is 1. The lowest BCUT2D eigenvalue weighted by Crippen LogP contribution is -2.18. The minimum absolute atomic E-state index is 0.0337. The van der Waals surface area contributed by atoms with Gasteiger partial charge in [0.2, 0.25) is 5.91 Å². The highest BCUT2D eigenvalue weighted by Gasteiger charge is 2.02. The van der Waals surface area contributed by atoms with Crippen LogP contribution in [-0.2, 0) is 4.79 Å². The Labute approximate surface area is 101 Å². The molecule has 1 aromatic carbocycles. The van der Waals surface area contributed by atoms with Crippen molar-refractivity contribution >= 4 is 17.5 Å². The standard InChI is InChI=1S/C12H16ClNO2/c1-9-5-6-10(13)8-11(9)16-7-3-4-12(15)14-2/h5-6,8H,3-4,7H2,1-2H3,(H,14,15). The number of hydrogen-bond acceptors (Lipinski definition) is 2. The van der Waals surface area contributed by atoms with Crippen LogP contribution in [0.4, 0.5) is 0 Å². The van der Waals surface area contributed by atoms with Crippen molar-refractivity contribution in [2.24, 2.45) is 0 Å². The minimum atomic E-state index is 0.0337. The van der Waals surface area contributed by atoms with Gasteiger partial charge in [0, 0.05) is 18.5 Å². The molecule has 0 aromatic heterocycles. The fourth-order valence-corrected chi connectivity index (χ4v) is 1.43. The van der Waals surface area contributed by atoms with Gasteiger partial charge in [0.05, 0.1) is 6.61 Å². The molecule has 16 heavy (non-hydrogen) atoms. The van der Waals surface area contributed by atoms with Crippen molar-refractivity contribution in [1.29, 1.82) is 0 Å². The molecule has 1 aromatic rings. The van der Waals surface area contributed by atoms with E-state index in [1.54, 1.807) is 13.1 Å². The van der Waals surface area contributed by atoms with Gasteiger partial charge in [-0.25, -0.2) is 0 Å². The molecule has 0 spiro atoms. The molecule has 3 nitrogen and oxygen atoms in total. The second-order valence-corrected chi connectivity index (χ2v) is 3.97.